The molecule has 0 atom stereocenters. The zero-order valence-corrected chi connectivity index (χ0v) is 21.5. The number of rotatable bonds is 9. The van der Waals surface area contributed by atoms with Crippen LogP contribution < -0.4 is 15.1 Å². The van der Waals surface area contributed by atoms with Crippen molar-refractivity contribution in [2.24, 2.45) is 0 Å². The number of aryl methyl sites for hydroxylation is 1. The fraction of sp³-hybridized carbons (Fsp3) is 0.192. The van der Waals surface area contributed by atoms with E-state index >= 15 is 0 Å². The van der Waals surface area contributed by atoms with Crippen LogP contribution in [0.4, 0.5) is 0 Å². The van der Waals surface area contributed by atoms with Gasteiger partial charge in [0.05, 0.1) is 21.5 Å². The molecule has 1 aromatic heterocycles. The van der Waals surface area contributed by atoms with E-state index in [9.17, 15) is 13.2 Å². The van der Waals surface area contributed by atoms with Crippen molar-refractivity contribution < 1.29 is 26.5 Å². The standard InChI is InChI=1S/C26H23BrO7S/c1-3-31-20-8-6-18(7-9-20)23-15-19-14-21(16-24(27)25(19)34-26(23)28)32-12-13-33-35(29,30)22-10-4-17(2)5-11-22/h4-11,14-16H,3,12-13H2,1-2H3. The minimum atomic E-state index is -3.87. The van der Waals surface area contributed by atoms with Gasteiger partial charge in [-0.05, 0) is 77.8 Å². The van der Waals surface area contributed by atoms with E-state index in [1.165, 1.54) is 12.1 Å². The second kappa shape index (κ2) is 10.6. The number of benzene rings is 3. The molecule has 0 fully saturated rings. The van der Waals surface area contributed by atoms with Gasteiger partial charge in [0.15, 0.2) is 5.58 Å². The summed E-state index contributed by atoms with van der Waals surface area (Å²) in [6, 6.07) is 18.7. The maximum absolute atomic E-state index is 12.6. The van der Waals surface area contributed by atoms with Crippen molar-refractivity contribution >= 4 is 37.0 Å². The number of hydrogen-bond acceptors (Lipinski definition) is 7. The molecule has 1 heterocycles. The first kappa shape index (κ1) is 25.0. The van der Waals surface area contributed by atoms with Gasteiger partial charge in [-0.3, -0.25) is 4.18 Å². The van der Waals surface area contributed by atoms with Crippen molar-refractivity contribution in [3.63, 3.8) is 0 Å². The predicted octanol–water partition coefficient (Wildman–Crippen LogP) is 5.71. The summed E-state index contributed by atoms with van der Waals surface area (Å²) in [5.41, 5.74) is 1.97. The summed E-state index contributed by atoms with van der Waals surface area (Å²) in [6.07, 6.45) is 0. The van der Waals surface area contributed by atoms with Crippen molar-refractivity contribution in [2.45, 2.75) is 18.7 Å². The Balaban J connectivity index is 1.49. The lowest BCUT2D eigenvalue weighted by molar-refractivity contribution is 0.221. The molecule has 182 valence electrons. The first-order valence-electron chi connectivity index (χ1n) is 10.9. The van der Waals surface area contributed by atoms with Gasteiger partial charge in [0, 0.05) is 5.39 Å². The van der Waals surface area contributed by atoms with E-state index < -0.39 is 15.7 Å². The van der Waals surface area contributed by atoms with Crippen LogP contribution in [-0.2, 0) is 14.3 Å². The van der Waals surface area contributed by atoms with E-state index in [-0.39, 0.29) is 18.1 Å². The topological polar surface area (TPSA) is 92.0 Å². The SMILES string of the molecule is CCOc1ccc(-c2cc3cc(OCCOS(=O)(=O)c4ccc(C)cc4)cc(Br)c3oc2=O)cc1. The summed E-state index contributed by atoms with van der Waals surface area (Å²) >= 11 is 3.41. The quantitative estimate of drug-likeness (QED) is 0.147. The van der Waals surface area contributed by atoms with Gasteiger partial charge in [0.25, 0.3) is 10.1 Å². The van der Waals surface area contributed by atoms with E-state index in [0.717, 1.165) is 5.56 Å². The fourth-order valence-corrected chi connectivity index (χ4v) is 4.85. The van der Waals surface area contributed by atoms with Crippen LogP contribution in [0.3, 0.4) is 0 Å². The van der Waals surface area contributed by atoms with Crippen molar-refractivity contribution in [2.75, 3.05) is 19.8 Å². The van der Waals surface area contributed by atoms with Crippen LogP contribution in [0, 0.1) is 6.92 Å². The predicted molar refractivity (Wildman–Crippen MR) is 137 cm³/mol. The Morgan fingerprint density at radius 2 is 1.60 bits per heavy atom. The molecule has 0 spiro atoms. The normalized spacial score (nSPS) is 11.5. The summed E-state index contributed by atoms with van der Waals surface area (Å²) in [7, 11) is -3.87. The van der Waals surface area contributed by atoms with Crippen LogP contribution in [0.2, 0.25) is 0 Å². The van der Waals surface area contributed by atoms with Crippen LogP contribution >= 0.6 is 15.9 Å². The van der Waals surface area contributed by atoms with Gasteiger partial charge in [-0.25, -0.2) is 4.79 Å². The Bertz CT molecular complexity index is 1490. The van der Waals surface area contributed by atoms with Crippen LogP contribution in [0.5, 0.6) is 11.5 Å². The Labute approximate surface area is 211 Å². The molecular formula is C26H23BrO7S. The van der Waals surface area contributed by atoms with Crippen molar-refractivity contribution in [1.29, 1.82) is 0 Å². The molecule has 3 aromatic carbocycles. The lowest BCUT2D eigenvalue weighted by Crippen LogP contribution is -2.13. The molecule has 0 aliphatic carbocycles. The highest BCUT2D eigenvalue weighted by Gasteiger charge is 2.15. The zero-order valence-electron chi connectivity index (χ0n) is 19.1. The van der Waals surface area contributed by atoms with Crippen molar-refractivity contribution in [3.8, 4) is 22.6 Å². The number of hydrogen-bond donors (Lipinski definition) is 0. The lowest BCUT2D eigenvalue weighted by Gasteiger charge is -2.10. The third-order valence-corrected chi connectivity index (χ3v) is 7.05. The van der Waals surface area contributed by atoms with E-state index in [4.69, 9.17) is 18.1 Å². The molecular weight excluding hydrogens is 536 g/mol. The Morgan fingerprint density at radius 1 is 0.886 bits per heavy atom. The van der Waals surface area contributed by atoms with Gasteiger partial charge < -0.3 is 13.9 Å². The fourth-order valence-electron chi connectivity index (χ4n) is 3.42. The van der Waals surface area contributed by atoms with E-state index in [1.807, 2.05) is 13.8 Å². The maximum Gasteiger partial charge on any atom is 0.344 e. The molecule has 35 heavy (non-hydrogen) atoms. The number of fused-ring (bicyclic) bond motifs is 1. The summed E-state index contributed by atoms with van der Waals surface area (Å²) in [6.45, 7) is 4.17. The number of ether oxygens (including phenoxy) is 2. The third-order valence-electron chi connectivity index (χ3n) is 5.14. The summed E-state index contributed by atoms with van der Waals surface area (Å²) in [5.74, 6) is 1.18. The van der Waals surface area contributed by atoms with Gasteiger partial charge in [0.1, 0.15) is 24.7 Å². The summed E-state index contributed by atoms with van der Waals surface area (Å²) < 4.78 is 46.9. The molecule has 0 saturated heterocycles. The van der Waals surface area contributed by atoms with Crippen LogP contribution in [0.15, 0.2) is 85.3 Å². The van der Waals surface area contributed by atoms with Crippen LogP contribution in [0.1, 0.15) is 12.5 Å². The van der Waals surface area contributed by atoms with E-state index in [1.54, 1.807) is 54.6 Å². The minimum Gasteiger partial charge on any atom is -0.494 e. The highest BCUT2D eigenvalue weighted by Crippen LogP contribution is 2.31. The average molecular weight is 559 g/mol. The first-order chi connectivity index (χ1) is 16.8. The Kier molecular flexibility index (Phi) is 7.59. The Hall–Kier alpha value is -3.14. The zero-order chi connectivity index (χ0) is 25.0. The molecule has 4 aromatic rings. The highest BCUT2D eigenvalue weighted by atomic mass is 79.9. The molecule has 4 rings (SSSR count). The van der Waals surface area contributed by atoms with Crippen LogP contribution in [-0.4, -0.2) is 28.2 Å². The van der Waals surface area contributed by atoms with Gasteiger partial charge in [-0.15, -0.1) is 0 Å². The largest absolute Gasteiger partial charge is 0.494 e. The average Bonchev–Trinajstić information content (AvgIpc) is 2.83. The molecule has 0 N–H and O–H groups in total. The van der Waals surface area contributed by atoms with Gasteiger partial charge >= 0.3 is 5.63 Å². The molecule has 0 unspecified atom stereocenters. The summed E-state index contributed by atoms with van der Waals surface area (Å²) in [5, 5.41) is 0.644. The molecule has 7 nitrogen and oxygen atoms in total. The van der Waals surface area contributed by atoms with E-state index in [0.29, 0.717) is 44.7 Å². The Morgan fingerprint density at radius 3 is 2.29 bits per heavy atom. The smallest absolute Gasteiger partial charge is 0.344 e. The van der Waals surface area contributed by atoms with E-state index in [2.05, 4.69) is 15.9 Å². The second-order valence-corrected chi connectivity index (χ2v) is 10.1. The lowest BCUT2D eigenvalue weighted by atomic mass is 10.1. The minimum absolute atomic E-state index is 0.00552. The third kappa shape index (κ3) is 5.93. The van der Waals surface area contributed by atoms with Gasteiger partial charge in [0.2, 0.25) is 0 Å². The van der Waals surface area contributed by atoms with Gasteiger partial charge in [-0.2, -0.15) is 8.42 Å². The summed E-state index contributed by atoms with van der Waals surface area (Å²) in [4.78, 5) is 12.7. The molecule has 0 amide bonds. The van der Waals surface area contributed by atoms with Crippen molar-refractivity contribution in [3.05, 3.63) is 87.2 Å². The molecule has 0 bridgehead atoms. The maximum atomic E-state index is 12.6. The number of halogens is 1. The molecule has 0 aliphatic heterocycles. The molecule has 9 heteroatoms. The van der Waals surface area contributed by atoms with Crippen LogP contribution in [0.25, 0.3) is 22.1 Å². The first-order valence-corrected chi connectivity index (χ1v) is 13.1. The molecule has 0 radical (unpaired) electrons. The molecule has 0 saturated carbocycles. The molecule has 0 aliphatic rings. The van der Waals surface area contributed by atoms with Gasteiger partial charge in [-0.1, -0.05) is 29.8 Å². The van der Waals surface area contributed by atoms with Crippen molar-refractivity contribution in [1.82, 2.24) is 0 Å². The highest BCUT2D eigenvalue weighted by molar-refractivity contribution is 9.10. The monoisotopic (exact) mass is 558 g/mol. The second-order valence-electron chi connectivity index (χ2n) is 7.67.